The minimum absolute atomic E-state index is 0.223. The van der Waals surface area contributed by atoms with Crippen molar-refractivity contribution in [3.05, 3.63) is 54.9 Å². The summed E-state index contributed by atoms with van der Waals surface area (Å²) in [5.41, 5.74) is 8.92. The Labute approximate surface area is 143 Å². The molecule has 0 radical (unpaired) electrons. The Hall–Kier alpha value is -3.61. The van der Waals surface area contributed by atoms with Crippen LogP contribution in [0, 0.1) is 0 Å². The van der Waals surface area contributed by atoms with E-state index in [-0.39, 0.29) is 5.95 Å². The van der Waals surface area contributed by atoms with Crippen molar-refractivity contribution >= 4 is 28.5 Å². The number of nitrogens with zero attached hydrogens (tertiary/aromatic N) is 3. The van der Waals surface area contributed by atoms with Gasteiger partial charge in [0.2, 0.25) is 5.95 Å². The molecule has 0 amide bonds. The second-order valence-corrected chi connectivity index (χ2v) is 5.43. The molecule has 124 valence electrons. The van der Waals surface area contributed by atoms with E-state index in [4.69, 9.17) is 10.5 Å². The Balaban J connectivity index is 1.82. The third-order valence-corrected chi connectivity index (χ3v) is 3.82. The number of nitrogens with two attached hydrogens (primary N) is 1. The van der Waals surface area contributed by atoms with E-state index >= 15 is 0 Å². The zero-order valence-electron chi connectivity index (χ0n) is 13.5. The van der Waals surface area contributed by atoms with Gasteiger partial charge < -0.3 is 20.8 Å². The fourth-order valence-electron chi connectivity index (χ4n) is 2.72. The molecule has 0 aliphatic heterocycles. The zero-order valence-corrected chi connectivity index (χ0v) is 13.5. The normalized spacial score (nSPS) is 10.8. The summed E-state index contributed by atoms with van der Waals surface area (Å²) in [7, 11) is 1.63. The van der Waals surface area contributed by atoms with Gasteiger partial charge >= 0.3 is 0 Å². The number of nitrogen functional groups attached to an aromatic ring is 1. The number of para-hydroxylation sites is 1. The third kappa shape index (κ3) is 2.83. The van der Waals surface area contributed by atoms with Crippen molar-refractivity contribution in [1.29, 1.82) is 0 Å². The molecule has 0 spiro atoms. The summed E-state index contributed by atoms with van der Waals surface area (Å²) in [5, 5.41) is 4.12. The second kappa shape index (κ2) is 6.12. The Morgan fingerprint density at radius 1 is 1.12 bits per heavy atom. The molecule has 0 aliphatic rings. The fourth-order valence-corrected chi connectivity index (χ4v) is 2.72. The average Bonchev–Trinajstić information content (AvgIpc) is 3.06. The average molecular weight is 332 g/mol. The van der Waals surface area contributed by atoms with E-state index in [1.165, 1.54) is 0 Å². The van der Waals surface area contributed by atoms with Crippen LogP contribution in [0.5, 0.6) is 5.75 Å². The summed E-state index contributed by atoms with van der Waals surface area (Å²) in [6.07, 6.45) is 3.47. The fraction of sp³-hybridized carbons (Fsp3) is 0.0556. The lowest BCUT2D eigenvalue weighted by molar-refractivity contribution is 0.420. The minimum Gasteiger partial charge on any atom is -0.496 e. The summed E-state index contributed by atoms with van der Waals surface area (Å²) in [5.74, 6) is 1.60. The number of fused-ring (bicyclic) bond motifs is 1. The highest BCUT2D eigenvalue weighted by Crippen LogP contribution is 2.35. The predicted molar refractivity (Wildman–Crippen MR) is 97.8 cm³/mol. The van der Waals surface area contributed by atoms with E-state index in [1.54, 1.807) is 19.4 Å². The molecule has 7 nitrogen and oxygen atoms in total. The maximum atomic E-state index is 5.70. The molecule has 0 aliphatic carbocycles. The van der Waals surface area contributed by atoms with Gasteiger partial charge in [0.15, 0.2) is 0 Å². The number of aromatic nitrogens is 4. The monoisotopic (exact) mass is 332 g/mol. The first kappa shape index (κ1) is 14.9. The minimum atomic E-state index is 0.223. The second-order valence-electron chi connectivity index (χ2n) is 5.43. The van der Waals surface area contributed by atoms with Crippen molar-refractivity contribution in [3.8, 4) is 17.0 Å². The van der Waals surface area contributed by atoms with Gasteiger partial charge in [0.05, 0.1) is 18.2 Å². The van der Waals surface area contributed by atoms with E-state index in [0.29, 0.717) is 22.9 Å². The number of H-pyrrole nitrogens is 1. The Morgan fingerprint density at radius 2 is 1.96 bits per heavy atom. The van der Waals surface area contributed by atoms with Crippen molar-refractivity contribution in [3.63, 3.8) is 0 Å². The molecule has 4 rings (SSSR count). The van der Waals surface area contributed by atoms with Crippen molar-refractivity contribution < 1.29 is 4.74 Å². The van der Waals surface area contributed by atoms with Gasteiger partial charge in [0, 0.05) is 29.7 Å². The zero-order chi connectivity index (χ0) is 17.2. The van der Waals surface area contributed by atoms with Gasteiger partial charge in [0.25, 0.3) is 0 Å². The Morgan fingerprint density at radius 3 is 2.72 bits per heavy atom. The van der Waals surface area contributed by atoms with Crippen LogP contribution in [0.15, 0.2) is 54.9 Å². The van der Waals surface area contributed by atoms with Gasteiger partial charge in [-0.3, -0.25) is 0 Å². The van der Waals surface area contributed by atoms with Crippen LogP contribution in [0.25, 0.3) is 22.3 Å². The van der Waals surface area contributed by atoms with Gasteiger partial charge in [-0.25, -0.2) is 15.0 Å². The molecular weight excluding hydrogens is 316 g/mol. The van der Waals surface area contributed by atoms with Gasteiger partial charge in [0.1, 0.15) is 17.2 Å². The molecule has 7 heteroatoms. The number of nitrogens with one attached hydrogen (secondary N) is 2. The van der Waals surface area contributed by atoms with Gasteiger partial charge in [-0.05, 0) is 18.2 Å². The molecule has 3 aromatic heterocycles. The molecule has 0 atom stereocenters. The molecule has 4 N–H and O–H groups in total. The summed E-state index contributed by atoms with van der Waals surface area (Å²) in [4.78, 5) is 16.0. The number of hydrogen-bond donors (Lipinski definition) is 3. The molecular formula is C18H16N6O. The van der Waals surface area contributed by atoms with Gasteiger partial charge in [-0.2, -0.15) is 0 Å². The summed E-state index contributed by atoms with van der Waals surface area (Å²) < 4.78 is 5.58. The van der Waals surface area contributed by atoms with Crippen LogP contribution >= 0.6 is 0 Å². The lowest BCUT2D eigenvalue weighted by Crippen LogP contribution is -1.97. The van der Waals surface area contributed by atoms with E-state index in [2.05, 4.69) is 25.3 Å². The molecule has 0 saturated carbocycles. The maximum absolute atomic E-state index is 5.70. The molecule has 0 fully saturated rings. The first-order valence-electron chi connectivity index (χ1n) is 7.71. The molecule has 25 heavy (non-hydrogen) atoms. The topological polar surface area (TPSA) is 102 Å². The number of benzene rings is 1. The van der Waals surface area contributed by atoms with Crippen LogP contribution in [0.3, 0.4) is 0 Å². The first-order chi connectivity index (χ1) is 12.2. The van der Waals surface area contributed by atoms with E-state index in [9.17, 15) is 0 Å². The summed E-state index contributed by atoms with van der Waals surface area (Å²) in [6, 6.07) is 13.5. The van der Waals surface area contributed by atoms with Crippen LogP contribution in [0.1, 0.15) is 0 Å². The number of rotatable bonds is 4. The number of aromatic amines is 1. The predicted octanol–water partition coefficient (Wildman–Crippen LogP) is 3.35. The number of pyridine rings is 1. The van der Waals surface area contributed by atoms with Crippen LogP contribution in [-0.2, 0) is 0 Å². The summed E-state index contributed by atoms with van der Waals surface area (Å²) in [6.45, 7) is 0. The Kier molecular flexibility index (Phi) is 3.66. The van der Waals surface area contributed by atoms with Gasteiger partial charge in [-0.15, -0.1) is 0 Å². The van der Waals surface area contributed by atoms with Crippen LogP contribution in [-0.4, -0.2) is 27.0 Å². The quantitative estimate of drug-likeness (QED) is 0.530. The molecule has 4 aromatic rings. The molecule has 0 unspecified atom stereocenters. The molecule has 0 bridgehead atoms. The van der Waals surface area contributed by atoms with Crippen molar-refractivity contribution in [1.82, 2.24) is 19.9 Å². The van der Waals surface area contributed by atoms with E-state index in [1.807, 2.05) is 42.6 Å². The standard InChI is InChI=1S/C18H16N6O/c1-25-14-9-15(22-11-5-3-2-4-6-11)24-17-16(14)12(10-21-17)13-7-8-20-18(19)23-13/h2-10H,1H3,(H2,19,20,23)(H2,21,22,24). The SMILES string of the molecule is COc1cc(Nc2ccccc2)nc2[nH]cc(-c3ccnc(N)n3)c12. The number of hydrogen-bond acceptors (Lipinski definition) is 6. The van der Waals surface area contributed by atoms with Crippen LogP contribution in [0.2, 0.25) is 0 Å². The van der Waals surface area contributed by atoms with Crippen molar-refractivity contribution in [2.45, 2.75) is 0 Å². The molecule has 1 aromatic carbocycles. The molecule has 3 heterocycles. The van der Waals surface area contributed by atoms with E-state index < -0.39 is 0 Å². The van der Waals surface area contributed by atoms with Crippen molar-refractivity contribution in [2.24, 2.45) is 0 Å². The van der Waals surface area contributed by atoms with Gasteiger partial charge in [-0.1, -0.05) is 18.2 Å². The maximum Gasteiger partial charge on any atom is 0.220 e. The van der Waals surface area contributed by atoms with E-state index in [0.717, 1.165) is 16.6 Å². The van der Waals surface area contributed by atoms with Crippen LogP contribution < -0.4 is 15.8 Å². The Bertz CT molecular complexity index is 1030. The largest absolute Gasteiger partial charge is 0.496 e. The van der Waals surface area contributed by atoms with Crippen molar-refractivity contribution in [2.75, 3.05) is 18.2 Å². The molecule has 0 saturated heterocycles. The third-order valence-electron chi connectivity index (χ3n) is 3.82. The smallest absolute Gasteiger partial charge is 0.220 e. The lowest BCUT2D eigenvalue weighted by Gasteiger charge is -2.09. The van der Waals surface area contributed by atoms with Crippen LogP contribution in [0.4, 0.5) is 17.5 Å². The number of anilines is 3. The number of methoxy groups -OCH3 is 1. The highest BCUT2D eigenvalue weighted by molar-refractivity contribution is 5.98. The highest BCUT2D eigenvalue weighted by atomic mass is 16.5. The summed E-state index contributed by atoms with van der Waals surface area (Å²) >= 11 is 0. The lowest BCUT2D eigenvalue weighted by atomic mass is 10.1. The first-order valence-corrected chi connectivity index (χ1v) is 7.71. The highest BCUT2D eigenvalue weighted by Gasteiger charge is 2.15. The number of ether oxygens (including phenoxy) is 1.